The number of ether oxygens (including phenoxy) is 1. The lowest BCUT2D eigenvalue weighted by atomic mass is 9.93. The van der Waals surface area contributed by atoms with Gasteiger partial charge in [-0.3, -0.25) is 0 Å². The molecule has 0 saturated carbocycles. The summed E-state index contributed by atoms with van der Waals surface area (Å²) in [6.45, 7) is 3.88. The number of aryl methyl sites for hydroxylation is 1. The van der Waals surface area contributed by atoms with Gasteiger partial charge in [0.15, 0.2) is 0 Å². The first-order valence-corrected chi connectivity index (χ1v) is 12.3. The molecule has 2 aromatic carbocycles. The molecule has 0 aliphatic carbocycles. The predicted molar refractivity (Wildman–Crippen MR) is 118 cm³/mol. The highest BCUT2D eigenvalue weighted by atomic mass is 79.9. The number of hydrogen-bond acceptors (Lipinski definition) is 5. The maximum Gasteiger partial charge on any atom is 0.240 e. The Kier molecular flexibility index (Phi) is 6.27. The summed E-state index contributed by atoms with van der Waals surface area (Å²) in [6.07, 6.45) is 2.45. The molecule has 8 heteroatoms. The Labute approximate surface area is 180 Å². The van der Waals surface area contributed by atoms with Gasteiger partial charge in [-0.1, -0.05) is 34.1 Å². The number of piperazine rings is 1. The van der Waals surface area contributed by atoms with Gasteiger partial charge in [-0.15, -0.1) is 0 Å². The van der Waals surface area contributed by atoms with Crippen LogP contribution in [0.15, 0.2) is 45.8 Å². The van der Waals surface area contributed by atoms with Crippen LogP contribution in [0.1, 0.15) is 29.2 Å². The topological polar surface area (TPSA) is 84.7 Å². The number of para-hydroxylation sites is 1. The number of sulfonamides is 1. The maximum atomic E-state index is 12.3. The number of anilines is 1. The average molecular weight is 480 g/mol. The summed E-state index contributed by atoms with van der Waals surface area (Å²) in [4.78, 5) is 2.35. The van der Waals surface area contributed by atoms with E-state index in [9.17, 15) is 8.42 Å². The van der Waals surface area contributed by atoms with Crippen LogP contribution in [0, 0.1) is 0 Å². The van der Waals surface area contributed by atoms with Crippen LogP contribution in [0.4, 0.5) is 5.69 Å². The lowest BCUT2D eigenvalue weighted by molar-refractivity contribution is 0.0368. The Balaban J connectivity index is 1.63. The van der Waals surface area contributed by atoms with Gasteiger partial charge in [0.2, 0.25) is 10.0 Å². The maximum absolute atomic E-state index is 12.3. The van der Waals surface area contributed by atoms with Crippen molar-refractivity contribution in [3.05, 3.63) is 57.6 Å². The lowest BCUT2D eigenvalue weighted by Gasteiger charge is -2.33. The van der Waals surface area contributed by atoms with Gasteiger partial charge >= 0.3 is 0 Å². The van der Waals surface area contributed by atoms with Gasteiger partial charge in [-0.05, 0) is 54.2 Å². The predicted octanol–water partition coefficient (Wildman–Crippen LogP) is 2.75. The molecule has 6 nitrogen and oxygen atoms in total. The molecule has 2 aliphatic rings. The number of benzene rings is 2. The molecule has 1 unspecified atom stereocenters. The average Bonchev–Trinajstić information content (AvgIpc) is 2.71. The molecule has 1 atom stereocenters. The van der Waals surface area contributed by atoms with Crippen LogP contribution in [0.3, 0.4) is 0 Å². The van der Waals surface area contributed by atoms with Crippen molar-refractivity contribution in [2.75, 3.05) is 37.7 Å². The molecule has 0 aromatic heterocycles. The molecule has 1 fully saturated rings. The molecule has 2 aromatic rings. The number of hydrogen-bond donors (Lipinski definition) is 2. The Morgan fingerprint density at radius 3 is 2.76 bits per heavy atom. The van der Waals surface area contributed by atoms with Crippen molar-refractivity contribution >= 4 is 31.6 Å². The molecule has 4 rings (SSSR count). The summed E-state index contributed by atoms with van der Waals surface area (Å²) in [5.74, 6) is 0. The van der Waals surface area contributed by atoms with Crippen molar-refractivity contribution in [2.45, 2.75) is 30.3 Å². The normalized spacial score (nSPS) is 19.8. The van der Waals surface area contributed by atoms with Crippen molar-refractivity contribution in [3.8, 4) is 0 Å². The zero-order valence-corrected chi connectivity index (χ0v) is 18.6. The zero-order chi connectivity index (χ0) is 20.4. The van der Waals surface area contributed by atoms with Gasteiger partial charge in [0, 0.05) is 30.7 Å². The van der Waals surface area contributed by atoms with E-state index in [2.05, 4.69) is 38.3 Å². The molecule has 156 valence electrons. The first-order valence-electron chi connectivity index (χ1n) is 9.94. The molecule has 0 radical (unpaired) electrons. The molecule has 1 saturated heterocycles. The van der Waals surface area contributed by atoms with Crippen LogP contribution >= 0.6 is 15.9 Å². The highest BCUT2D eigenvalue weighted by molar-refractivity contribution is 9.10. The summed E-state index contributed by atoms with van der Waals surface area (Å²) in [5, 5.41) is 8.87. The Morgan fingerprint density at radius 1 is 1.21 bits per heavy atom. The van der Waals surface area contributed by atoms with E-state index >= 15 is 0 Å². The van der Waals surface area contributed by atoms with Crippen LogP contribution < -0.4 is 15.4 Å². The van der Waals surface area contributed by atoms with Gasteiger partial charge < -0.3 is 15.0 Å². The zero-order valence-electron chi connectivity index (χ0n) is 16.2. The van der Waals surface area contributed by atoms with Gasteiger partial charge in [0.1, 0.15) is 4.90 Å². The second-order valence-electron chi connectivity index (χ2n) is 7.54. The second kappa shape index (κ2) is 8.73. The third-order valence-electron chi connectivity index (χ3n) is 5.64. The van der Waals surface area contributed by atoms with Gasteiger partial charge in [-0.2, -0.15) is 0 Å². The van der Waals surface area contributed by atoms with Crippen LogP contribution in [0.5, 0.6) is 0 Å². The van der Waals surface area contributed by atoms with Crippen LogP contribution in [0.2, 0.25) is 0 Å². The summed E-state index contributed by atoms with van der Waals surface area (Å²) >= 11 is 3.55. The molecule has 3 N–H and O–H groups in total. The minimum atomic E-state index is -3.80. The Hall–Kier alpha value is -1.45. The van der Waals surface area contributed by atoms with Crippen LogP contribution in [-0.4, -0.2) is 41.2 Å². The fourth-order valence-electron chi connectivity index (χ4n) is 4.28. The Bertz CT molecular complexity index is 991. The standard InChI is InChI=1S/C21H26BrN3O3S/c22-17-5-6-18-16(14-17)8-13-28-19(18)7-4-15-2-1-3-20(29(23,26)27)21(15)25-11-9-24-10-12-25/h1-3,5-6,14,19,24H,4,7-13H2,(H2,23,26,27). The smallest absolute Gasteiger partial charge is 0.240 e. The van der Waals surface area contributed by atoms with E-state index in [0.29, 0.717) is 6.61 Å². The molecule has 0 spiro atoms. The van der Waals surface area contributed by atoms with Crippen molar-refractivity contribution in [1.82, 2.24) is 5.32 Å². The van der Waals surface area contributed by atoms with Gasteiger partial charge in [0.25, 0.3) is 0 Å². The van der Waals surface area contributed by atoms with E-state index in [1.807, 2.05) is 12.1 Å². The fraction of sp³-hybridized carbons (Fsp3) is 0.429. The molecule has 2 aliphatic heterocycles. The fourth-order valence-corrected chi connectivity index (χ4v) is 5.48. The van der Waals surface area contributed by atoms with Crippen molar-refractivity contribution in [2.24, 2.45) is 5.14 Å². The summed E-state index contributed by atoms with van der Waals surface area (Å²) < 4.78 is 31.7. The molecule has 0 bridgehead atoms. The third kappa shape index (κ3) is 4.67. The second-order valence-corrected chi connectivity index (χ2v) is 9.98. The van der Waals surface area contributed by atoms with Crippen molar-refractivity contribution in [1.29, 1.82) is 0 Å². The number of nitrogens with zero attached hydrogens (tertiary/aromatic N) is 1. The molecule has 2 heterocycles. The Morgan fingerprint density at radius 2 is 2.00 bits per heavy atom. The van der Waals surface area contributed by atoms with E-state index in [1.54, 1.807) is 12.1 Å². The largest absolute Gasteiger partial charge is 0.373 e. The summed E-state index contributed by atoms with van der Waals surface area (Å²) in [7, 11) is -3.80. The third-order valence-corrected chi connectivity index (χ3v) is 7.08. The van der Waals surface area contributed by atoms with Crippen LogP contribution in [-0.2, 0) is 27.6 Å². The number of nitrogens with two attached hydrogens (primary N) is 1. The number of halogens is 1. The first-order chi connectivity index (χ1) is 13.9. The SMILES string of the molecule is NS(=O)(=O)c1cccc(CCC2OCCc3cc(Br)ccc32)c1N1CCNCC1. The minimum absolute atomic E-state index is 0.0147. The molecule has 29 heavy (non-hydrogen) atoms. The summed E-state index contributed by atoms with van der Waals surface area (Å²) in [5.41, 5.74) is 4.30. The van der Waals surface area contributed by atoms with E-state index in [1.165, 1.54) is 11.1 Å². The molecular formula is C21H26BrN3O3S. The van der Waals surface area contributed by atoms with E-state index in [4.69, 9.17) is 9.88 Å². The highest BCUT2D eigenvalue weighted by Crippen LogP contribution is 2.35. The molecular weight excluding hydrogens is 454 g/mol. The number of rotatable bonds is 5. The number of primary sulfonamides is 1. The molecule has 0 amide bonds. The van der Waals surface area contributed by atoms with E-state index in [0.717, 1.165) is 61.2 Å². The van der Waals surface area contributed by atoms with E-state index in [-0.39, 0.29) is 11.0 Å². The summed E-state index contributed by atoms with van der Waals surface area (Å²) in [6, 6.07) is 11.7. The monoisotopic (exact) mass is 479 g/mol. The van der Waals surface area contributed by atoms with Gasteiger partial charge in [0.05, 0.1) is 18.4 Å². The number of fused-ring (bicyclic) bond motifs is 1. The van der Waals surface area contributed by atoms with Crippen molar-refractivity contribution in [3.63, 3.8) is 0 Å². The van der Waals surface area contributed by atoms with E-state index < -0.39 is 10.0 Å². The lowest BCUT2D eigenvalue weighted by Crippen LogP contribution is -2.44. The first kappa shape index (κ1) is 20.8. The minimum Gasteiger partial charge on any atom is -0.373 e. The van der Waals surface area contributed by atoms with Crippen molar-refractivity contribution < 1.29 is 13.2 Å². The number of nitrogens with one attached hydrogen (secondary N) is 1. The van der Waals surface area contributed by atoms with Crippen LogP contribution in [0.25, 0.3) is 0 Å². The van der Waals surface area contributed by atoms with Gasteiger partial charge in [-0.25, -0.2) is 13.6 Å². The quantitative estimate of drug-likeness (QED) is 0.688. The highest BCUT2D eigenvalue weighted by Gasteiger charge is 2.25.